The number of hydrogen-bond donors (Lipinski definition) is 0. The predicted octanol–water partition coefficient (Wildman–Crippen LogP) is 12.1. The molecular weight excluding hydrogens is 629 g/mol. The van der Waals surface area contributed by atoms with Gasteiger partial charge in [-0.15, -0.1) is 11.3 Å². The summed E-state index contributed by atoms with van der Waals surface area (Å²) < 4.78 is 2.64. The molecule has 8 aromatic rings. The van der Waals surface area contributed by atoms with E-state index in [1.54, 1.807) is 0 Å². The average molecular weight is 661 g/mol. The molecule has 5 heteroatoms. The highest BCUT2D eigenvalue weighted by Gasteiger charge is 2.16. The number of thiophene rings is 1. The van der Waals surface area contributed by atoms with Gasteiger partial charge in [-0.05, 0) is 95.1 Å². The normalized spacial score (nSPS) is 13.0. The van der Waals surface area contributed by atoms with E-state index in [9.17, 15) is 0 Å². The van der Waals surface area contributed by atoms with E-state index in [1.165, 1.54) is 31.3 Å². The highest BCUT2D eigenvalue weighted by atomic mass is 32.1. The Balaban J connectivity index is 1.15. The number of hydrogen-bond acceptors (Lipinski definition) is 5. The molecule has 9 rings (SSSR count). The summed E-state index contributed by atoms with van der Waals surface area (Å²) in [6, 6.07) is 45.2. The fourth-order valence-corrected chi connectivity index (χ4v) is 7.80. The Bertz CT molecular complexity index is 2550. The van der Waals surface area contributed by atoms with Crippen molar-refractivity contribution in [3.8, 4) is 56.2 Å². The van der Waals surface area contributed by atoms with Gasteiger partial charge in [-0.25, -0.2) is 15.0 Å². The summed E-state index contributed by atoms with van der Waals surface area (Å²) in [6.45, 7) is 0. The van der Waals surface area contributed by atoms with Gasteiger partial charge >= 0.3 is 0 Å². The summed E-state index contributed by atoms with van der Waals surface area (Å²) in [5, 5.41) is 2.62. The number of rotatable bonds is 6. The summed E-state index contributed by atoms with van der Waals surface area (Å²) in [7, 11) is 0. The SMILES string of the molecule is C1=CCCCC(c2nc(-c3ccccc3)nc(-c3cc(-c4ccc(-c5ccc6sc7ccccc7c6c5)cc4)cc(-c4cccnc4)c3)n2)=C1. The van der Waals surface area contributed by atoms with Gasteiger partial charge in [0.05, 0.1) is 0 Å². The van der Waals surface area contributed by atoms with Crippen LogP contribution < -0.4 is 0 Å². The Kier molecular flexibility index (Phi) is 7.88. The second-order valence-electron chi connectivity index (χ2n) is 12.6. The van der Waals surface area contributed by atoms with Crippen LogP contribution in [-0.2, 0) is 0 Å². The Hall–Kier alpha value is -6.04. The van der Waals surface area contributed by atoms with Crippen LogP contribution in [0.1, 0.15) is 25.1 Å². The Morgan fingerprint density at radius 1 is 0.480 bits per heavy atom. The molecular formula is C45H32N4S. The predicted molar refractivity (Wildman–Crippen MR) is 209 cm³/mol. The molecule has 50 heavy (non-hydrogen) atoms. The standard InChI is InChI=1S/C45H32N4S/c1-2-5-12-32(11-4-1)43-47-44(33-13-6-3-7-14-33)49-45(48-43)38-26-36(25-37(27-38)35-15-10-24-46-29-35)31-20-18-30(19-21-31)34-22-23-42-40(28-34)39-16-8-9-17-41(39)50-42/h1,3-4,6-11,13-29H,2,5,12H2. The molecule has 0 fully saturated rings. The molecule has 3 heterocycles. The Labute approximate surface area is 295 Å². The molecule has 238 valence electrons. The average Bonchev–Trinajstić information content (AvgIpc) is 3.34. The molecule has 0 N–H and O–H groups in total. The van der Waals surface area contributed by atoms with Crippen molar-refractivity contribution >= 4 is 37.1 Å². The molecule has 0 atom stereocenters. The van der Waals surface area contributed by atoms with E-state index in [-0.39, 0.29) is 0 Å². The van der Waals surface area contributed by atoms with Crippen LogP contribution in [0.3, 0.4) is 0 Å². The molecule has 0 radical (unpaired) electrons. The van der Waals surface area contributed by atoms with Crippen LogP contribution in [0, 0.1) is 0 Å². The lowest BCUT2D eigenvalue weighted by molar-refractivity contribution is 0.873. The smallest absolute Gasteiger partial charge is 0.164 e. The summed E-state index contributed by atoms with van der Waals surface area (Å²) in [6.07, 6.45) is 13.3. The number of allylic oxidation sites excluding steroid dienone is 4. The number of nitrogens with zero attached hydrogens (tertiary/aromatic N) is 4. The lowest BCUT2D eigenvalue weighted by atomic mass is 9.95. The number of pyridine rings is 1. The van der Waals surface area contributed by atoms with Crippen molar-refractivity contribution < 1.29 is 0 Å². The minimum atomic E-state index is 0.655. The number of fused-ring (bicyclic) bond motifs is 3. The van der Waals surface area contributed by atoms with Gasteiger partial charge in [0.2, 0.25) is 0 Å². The molecule has 0 amide bonds. The molecule has 0 unspecified atom stereocenters. The molecule has 3 aromatic heterocycles. The van der Waals surface area contributed by atoms with Crippen LogP contribution in [0.2, 0.25) is 0 Å². The second-order valence-corrected chi connectivity index (χ2v) is 13.7. The first kappa shape index (κ1) is 30.1. The molecule has 0 bridgehead atoms. The Morgan fingerprint density at radius 3 is 1.96 bits per heavy atom. The van der Waals surface area contributed by atoms with Crippen LogP contribution in [0.4, 0.5) is 0 Å². The Morgan fingerprint density at radius 2 is 1.14 bits per heavy atom. The number of aromatic nitrogens is 4. The van der Waals surface area contributed by atoms with Crippen molar-refractivity contribution in [2.24, 2.45) is 0 Å². The van der Waals surface area contributed by atoms with Crippen LogP contribution in [-0.4, -0.2) is 19.9 Å². The third-order valence-electron chi connectivity index (χ3n) is 9.32. The zero-order valence-corrected chi connectivity index (χ0v) is 28.1. The van der Waals surface area contributed by atoms with Crippen molar-refractivity contribution in [3.05, 3.63) is 164 Å². The minimum absolute atomic E-state index is 0.655. The molecule has 0 saturated carbocycles. The summed E-state index contributed by atoms with van der Waals surface area (Å²) in [4.78, 5) is 19.6. The summed E-state index contributed by atoms with van der Waals surface area (Å²) in [5.41, 5.74) is 9.75. The molecule has 1 aliphatic rings. The lowest BCUT2D eigenvalue weighted by Crippen LogP contribution is -2.03. The first-order valence-electron chi connectivity index (χ1n) is 17.0. The van der Waals surface area contributed by atoms with Gasteiger partial charge in [0.15, 0.2) is 17.5 Å². The highest BCUT2D eigenvalue weighted by Crippen LogP contribution is 2.38. The van der Waals surface area contributed by atoms with Crippen molar-refractivity contribution in [3.63, 3.8) is 0 Å². The van der Waals surface area contributed by atoms with Gasteiger partial charge in [0, 0.05) is 49.3 Å². The maximum atomic E-state index is 5.12. The van der Waals surface area contributed by atoms with Crippen molar-refractivity contribution in [2.45, 2.75) is 19.3 Å². The number of benzene rings is 5. The molecule has 1 aliphatic carbocycles. The zero-order chi connectivity index (χ0) is 33.3. The van der Waals surface area contributed by atoms with Gasteiger partial charge in [-0.1, -0.05) is 103 Å². The van der Waals surface area contributed by atoms with E-state index in [4.69, 9.17) is 15.0 Å². The van der Waals surface area contributed by atoms with Crippen molar-refractivity contribution in [2.75, 3.05) is 0 Å². The molecule has 5 aromatic carbocycles. The van der Waals surface area contributed by atoms with Gasteiger partial charge in [0.25, 0.3) is 0 Å². The molecule has 0 saturated heterocycles. The van der Waals surface area contributed by atoms with Crippen molar-refractivity contribution in [1.29, 1.82) is 0 Å². The van der Waals surface area contributed by atoms with Crippen molar-refractivity contribution in [1.82, 2.24) is 19.9 Å². The van der Waals surface area contributed by atoms with Crippen LogP contribution >= 0.6 is 11.3 Å². The van der Waals surface area contributed by atoms with E-state index in [2.05, 4.69) is 126 Å². The topological polar surface area (TPSA) is 51.6 Å². The molecule has 0 spiro atoms. The second kappa shape index (κ2) is 13.1. The highest BCUT2D eigenvalue weighted by molar-refractivity contribution is 7.25. The largest absolute Gasteiger partial charge is 0.264 e. The van der Waals surface area contributed by atoms with E-state index in [0.717, 1.165) is 64.0 Å². The van der Waals surface area contributed by atoms with E-state index in [1.807, 2.05) is 48.0 Å². The lowest BCUT2D eigenvalue weighted by Gasteiger charge is -2.13. The van der Waals surface area contributed by atoms with Crippen LogP contribution in [0.5, 0.6) is 0 Å². The van der Waals surface area contributed by atoms with Gasteiger partial charge < -0.3 is 0 Å². The molecule has 4 nitrogen and oxygen atoms in total. The van der Waals surface area contributed by atoms with Gasteiger partial charge in [-0.2, -0.15) is 0 Å². The summed E-state index contributed by atoms with van der Waals surface area (Å²) in [5.74, 6) is 2.06. The van der Waals surface area contributed by atoms with Crippen LogP contribution in [0.15, 0.2) is 158 Å². The maximum absolute atomic E-state index is 5.12. The quantitative estimate of drug-likeness (QED) is 0.178. The molecule has 0 aliphatic heterocycles. The third kappa shape index (κ3) is 5.93. The minimum Gasteiger partial charge on any atom is -0.264 e. The third-order valence-corrected chi connectivity index (χ3v) is 10.5. The van der Waals surface area contributed by atoms with Gasteiger partial charge in [0.1, 0.15) is 0 Å². The first-order valence-corrected chi connectivity index (χ1v) is 17.8. The first-order chi connectivity index (χ1) is 24.7. The fraction of sp³-hybridized carbons (Fsp3) is 0.0667. The fourth-order valence-electron chi connectivity index (χ4n) is 6.71. The van der Waals surface area contributed by atoms with Crippen LogP contribution in [0.25, 0.3) is 81.9 Å². The van der Waals surface area contributed by atoms with E-state index < -0.39 is 0 Å². The van der Waals surface area contributed by atoms with E-state index in [0.29, 0.717) is 11.6 Å². The summed E-state index contributed by atoms with van der Waals surface area (Å²) >= 11 is 1.85. The zero-order valence-electron chi connectivity index (χ0n) is 27.3. The monoisotopic (exact) mass is 660 g/mol. The van der Waals surface area contributed by atoms with E-state index >= 15 is 0 Å². The maximum Gasteiger partial charge on any atom is 0.164 e. The van der Waals surface area contributed by atoms with Gasteiger partial charge in [-0.3, -0.25) is 4.98 Å².